The van der Waals surface area contributed by atoms with Crippen LogP contribution in [0.4, 0.5) is 5.82 Å². The van der Waals surface area contributed by atoms with Crippen LogP contribution < -0.4 is 4.90 Å². The number of hydrogen-bond donors (Lipinski definition) is 0. The summed E-state index contributed by atoms with van der Waals surface area (Å²) < 4.78 is 5.72. The summed E-state index contributed by atoms with van der Waals surface area (Å²) in [7, 11) is 0. The van der Waals surface area contributed by atoms with Gasteiger partial charge in [0.05, 0.1) is 17.8 Å². The fraction of sp³-hybridized carbons (Fsp3) is 0.571. The standard InChI is InChI=1S/C14H19N3O/c1-9-5-10(2)16-14(13(9)6-15)17-7-11(3)18-12(4)8-17/h5,11-12H,7-8H2,1-4H3. The predicted octanol–water partition coefficient (Wildman–Crippen LogP) is 2.18. The molecule has 1 fully saturated rings. The van der Waals surface area contributed by atoms with Crippen molar-refractivity contribution in [3.05, 3.63) is 22.9 Å². The molecule has 0 spiro atoms. The number of rotatable bonds is 1. The van der Waals surface area contributed by atoms with E-state index in [9.17, 15) is 5.26 Å². The summed E-state index contributed by atoms with van der Waals surface area (Å²) in [5.74, 6) is 0.803. The number of anilines is 1. The molecule has 0 amide bonds. The molecule has 1 aliphatic heterocycles. The lowest BCUT2D eigenvalue weighted by Crippen LogP contribution is -2.46. The molecule has 1 aromatic heterocycles. The molecule has 2 unspecified atom stereocenters. The molecular weight excluding hydrogens is 226 g/mol. The molecule has 96 valence electrons. The minimum absolute atomic E-state index is 0.169. The Bertz CT molecular complexity index is 483. The summed E-state index contributed by atoms with van der Waals surface area (Å²) in [4.78, 5) is 6.71. The molecule has 1 aromatic rings. The van der Waals surface area contributed by atoms with Crippen LogP contribution in [0.1, 0.15) is 30.7 Å². The summed E-state index contributed by atoms with van der Waals surface area (Å²) in [6.07, 6.45) is 0.339. The Morgan fingerprint density at radius 1 is 1.33 bits per heavy atom. The maximum Gasteiger partial charge on any atom is 0.147 e. The van der Waals surface area contributed by atoms with Crippen LogP contribution in [0.3, 0.4) is 0 Å². The normalized spacial score (nSPS) is 23.8. The average Bonchev–Trinajstić information content (AvgIpc) is 2.26. The van der Waals surface area contributed by atoms with E-state index in [2.05, 4.69) is 29.8 Å². The first-order valence-electron chi connectivity index (χ1n) is 6.30. The molecule has 0 radical (unpaired) electrons. The van der Waals surface area contributed by atoms with Gasteiger partial charge in [-0.1, -0.05) is 0 Å². The van der Waals surface area contributed by atoms with Crippen LogP contribution in [0.5, 0.6) is 0 Å². The summed E-state index contributed by atoms with van der Waals surface area (Å²) in [6.45, 7) is 9.60. The Labute approximate surface area is 108 Å². The van der Waals surface area contributed by atoms with Gasteiger partial charge in [-0.2, -0.15) is 5.26 Å². The van der Waals surface area contributed by atoms with E-state index < -0.39 is 0 Å². The SMILES string of the molecule is Cc1cc(C)c(C#N)c(N2CC(C)OC(C)C2)n1. The maximum atomic E-state index is 9.30. The molecule has 1 aliphatic rings. The van der Waals surface area contributed by atoms with Crippen LogP contribution in [0, 0.1) is 25.2 Å². The van der Waals surface area contributed by atoms with E-state index >= 15 is 0 Å². The van der Waals surface area contributed by atoms with Gasteiger partial charge < -0.3 is 9.64 Å². The minimum atomic E-state index is 0.169. The van der Waals surface area contributed by atoms with Crippen molar-refractivity contribution >= 4 is 5.82 Å². The van der Waals surface area contributed by atoms with E-state index in [-0.39, 0.29) is 12.2 Å². The average molecular weight is 245 g/mol. The second-order valence-corrected chi connectivity index (χ2v) is 5.05. The van der Waals surface area contributed by atoms with Crippen molar-refractivity contribution in [2.24, 2.45) is 0 Å². The first-order chi connectivity index (χ1) is 8.51. The molecule has 2 atom stereocenters. The highest BCUT2D eigenvalue weighted by Gasteiger charge is 2.25. The van der Waals surface area contributed by atoms with E-state index in [1.807, 2.05) is 19.9 Å². The van der Waals surface area contributed by atoms with Crippen molar-refractivity contribution in [3.8, 4) is 6.07 Å². The van der Waals surface area contributed by atoms with Crippen molar-refractivity contribution in [2.75, 3.05) is 18.0 Å². The van der Waals surface area contributed by atoms with Crippen LogP contribution in [-0.2, 0) is 4.74 Å². The number of nitrogens with zero attached hydrogens (tertiary/aromatic N) is 3. The third kappa shape index (κ3) is 2.46. The largest absolute Gasteiger partial charge is 0.372 e. The molecular formula is C14H19N3O. The van der Waals surface area contributed by atoms with Crippen LogP contribution in [0.25, 0.3) is 0 Å². The van der Waals surface area contributed by atoms with E-state index in [1.54, 1.807) is 0 Å². The Hall–Kier alpha value is -1.60. The van der Waals surface area contributed by atoms with Crippen LogP contribution >= 0.6 is 0 Å². The first-order valence-corrected chi connectivity index (χ1v) is 6.30. The van der Waals surface area contributed by atoms with Gasteiger partial charge in [0.25, 0.3) is 0 Å². The summed E-state index contributed by atoms with van der Waals surface area (Å²) >= 11 is 0. The Balaban J connectivity index is 2.41. The lowest BCUT2D eigenvalue weighted by molar-refractivity contribution is -0.00548. The number of aryl methyl sites for hydroxylation is 2. The van der Waals surface area contributed by atoms with Gasteiger partial charge in [-0.3, -0.25) is 0 Å². The van der Waals surface area contributed by atoms with Crippen LogP contribution in [-0.4, -0.2) is 30.3 Å². The molecule has 2 heterocycles. The van der Waals surface area contributed by atoms with Gasteiger partial charge in [-0.25, -0.2) is 4.98 Å². The number of morpholine rings is 1. The van der Waals surface area contributed by atoms with Crippen molar-refractivity contribution in [1.82, 2.24) is 4.98 Å². The first kappa shape index (κ1) is 12.8. The predicted molar refractivity (Wildman–Crippen MR) is 70.6 cm³/mol. The molecule has 2 rings (SSSR count). The minimum Gasteiger partial charge on any atom is -0.372 e. The molecule has 4 heteroatoms. The number of aromatic nitrogens is 1. The fourth-order valence-corrected chi connectivity index (χ4v) is 2.53. The van der Waals surface area contributed by atoms with Crippen molar-refractivity contribution < 1.29 is 4.74 Å². The van der Waals surface area contributed by atoms with E-state index in [0.717, 1.165) is 30.2 Å². The fourth-order valence-electron chi connectivity index (χ4n) is 2.53. The number of ether oxygens (including phenoxy) is 1. The zero-order valence-corrected chi connectivity index (χ0v) is 11.4. The summed E-state index contributed by atoms with van der Waals surface area (Å²) in [5, 5.41) is 9.30. The van der Waals surface area contributed by atoms with E-state index in [0.29, 0.717) is 5.56 Å². The summed E-state index contributed by atoms with van der Waals surface area (Å²) in [6, 6.07) is 4.23. The molecule has 0 aliphatic carbocycles. The molecule has 0 aromatic carbocycles. The molecule has 0 bridgehead atoms. The van der Waals surface area contributed by atoms with Gasteiger partial charge in [-0.05, 0) is 39.3 Å². The highest BCUT2D eigenvalue weighted by molar-refractivity contribution is 5.58. The zero-order valence-electron chi connectivity index (χ0n) is 11.4. The van der Waals surface area contributed by atoms with Crippen LogP contribution in [0.2, 0.25) is 0 Å². The summed E-state index contributed by atoms with van der Waals surface area (Å²) in [5.41, 5.74) is 2.63. The van der Waals surface area contributed by atoms with Crippen molar-refractivity contribution in [3.63, 3.8) is 0 Å². The highest BCUT2D eigenvalue weighted by Crippen LogP contribution is 2.25. The monoisotopic (exact) mass is 245 g/mol. The lowest BCUT2D eigenvalue weighted by atomic mass is 10.1. The van der Waals surface area contributed by atoms with E-state index in [1.165, 1.54) is 0 Å². The topological polar surface area (TPSA) is 49.2 Å². The smallest absolute Gasteiger partial charge is 0.147 e. The second-order valence-electron chi connectivity index (χ2n) is 5.05. The van der Waals surface area contributed by atoms with Gasteiger partial charge in [0.2, 0.25) is 0 Å². The van der Waals surface area contributed by atoms with Crippen molar-refractivity contribution in [2.45, 2.75) is 39.9 Å². The Morgan fingerprint density at radius 2 is 1.94 bits per heavy atom. The number of hydrogen-bond acceptors (Lipinski definition) is 4. The quantitative estimate of drug-likeness (QED) is 0.761. The second kappa shape index (κ2) is 4.95. The van der Waals surface area contributed by atoms with E-state index in [4.69, 9.17) is 4.74 Å². The molecule has 4 nitrogen and oxygen atoms in total. The maximum absolute atomic E-state index is 9.30. The van der Waals surface area contributed by atoms with Gasteiger partial charge in [0.15, 0.2) is 0 Å². The number of nitriles is 1. The van der Waals surface area contributed by atoms with Crippen molar-refractivity contribution in [1.29, 1.82) is 5.26 Å². The Kier molecular flexibility index (Phi) is 3.53. The third-order valence-electron chi connectivity index (χ3n) is 3.16. The van der Waals surface area contributed by atoms with Gasteiger partial charge in [-0.15, -0.1) is 0 Å². The van der Waals surface area contributed by atoms with Gasteiger partial charge in [0.1, 0.15) is 11.9 Å². The Morgan fingerprint density at radius 3 is 2.50 bits per heavy atom. The lowest BCUT2D eigenvalue weighted by Gasteiger charge is -2.36. The number of pyridine rings is 1. The highest BCUT2D eigenvalue weighted by atomic mass is 16.5. The zero-order chi connectivity index (χ0) is 13.3. The van der Waals surface area contributed by atoms with Crippen LogP contribution in [0.15, 0.2) is 6.07 Å². The van der Waals surface area contributed by atoms with Gasteiger partial charge in [0, 0.05) is 18.8 Å². The van der Waals surface area contributed by atoms with Gasteiger partial charge >= 0.3 is 0 Å². The molecule has 0 N–H and O–H groups in total. The molecule has 18 heavy (non-hydrogen) atoms. The molecule has 0 saturated carbocycles. The third-order valence-corrected chi connectivity index (χ3v) is 3.16. The molecule has 1 saturated heterocycles.